The molecule has 0 saturated heterocycles. The van der Waals surface area contributed by atoms with Gasteiger partial charge in [-0.15, -0.1) is 0 Å². The van der Waals surface area contributed by atoms with Crippen LogP contribution >= 0.6 is 0 Å². The van der Waals surface area contributed by atoms with E-state index >= 15 is 0 Å². The van der Waals surface area contributed by atoms with Crippen LogP contribution in [0.4, 0.5) is 0 Å². The van der Waals surface area contributed by atoms with Gasteiger partial charge in [0.15, 0.2) is 17.6 Å². The summed E-state index contributed by atoms with van der Waals surface area (Å²) in [6.07, 6.45) is 0.976. The van der Waals surface area contributed by atoms with Crippen LogP contribution in [0.2, 0.25) is 0 Å². The number of nitrogens with two attached hydrogens (primary N) is 3. The molecule has 1 amide bonds. The van der Waals surface area contributed by atoms with E-state index < -0.39 is 18.2 Å². The first-order valence-electron chi connectivity index (χ1n) is 11.5. The van der Waals surface area contributed by atoms with Crippen molar-refractivity contribution in [2.24, 2.45) is 22.2 Å². The number of guanidine groups is 1. The van der Waals surface area contributed by atoms with Crippen LogP contribution in [-0.4, -0.2) is 40.6 Å². The van der Waals surface area contributed by atoms with Crippen LogP contribution < -0.4 is 22.5 Å². The van der Waals surface area contributed by atoms with Crippen molar-refractivity contribution in [1.82, 2.24) is 10.3 Å². The number of hydrogen-bond donors (Lipinski definition) is 5. The Balaban J connectivity index is 1.74. The summed E-state index contributed by atoms with van der Waals surface area (Å²) in [5, 5.41) is 14.0. The average molecular weight is 467 g/mol. The normalized spacial score (nSPS) is 13.9. The summed E-state index contributed by atoms with van der Waals surface area (Å²) >= 11 is 0. The van der Waals surface area contributed by atoms with E-state index in [1.165, 1.54) is 0 Å². The first-order valence-corrected chi connectivity index (χ1v) is 11.5. The molecule has 0 aliphatic rings. The largest absolute Gasteiger partial charge is 0.438 e. The molecule has 0 radical (unpaired) electrons. The quantitative estimate of drug-likeness (QED) is 0.164. The lowest BCUT2D eigenvalue weighted by atomic mass is 10.00. The van der Waals surface area contributed by atoms with Crippen LogP contribution in [0.25, 0.3) is 11.1 Å². The number of amides is 1. The first-order chi connectivity index (χ1) is 16.2. The Bertz CT molecular complexity index is 1090. The molecule has 0 fully saturated rings. The van der Waals surface area contributed by atoms with E-state index in [4.69, 9.17) is 21.6 Å². The van der Waals surface area contributed by atoms with Crippen molar-refractivity contribution in [2.45, 2.75) is 57.7 Å². The number of aliphatic imine (C=N–C) groups is 1. The molecule has 0 saturated carbocycles. The number of benzene rings is 2. The van der Waals surface area contributed by atoms with Crippen molar-refractivity contribution < 1.29 is 14.3 Å². The molecule has 9 heteroatoms. The van der Waals surface area contributed by atoms with Crippen molar-refractivity contribution in [1.29, 1.82) is 0 Å². The number of fused-ring (bicyclic) bond motifs is 1. The molecule has 2 aromatic carbocycles. The van der Waals surface area contributed by atoms with Gasteiger partial charge < -0.3 is 32.0 Å². The Kier molecular flexibility index (Phi) is 8.61. The molecular formula is C25H34N6O3. The van der Waals surface area contributed by atoms with Gasteiger partial charge in [-0.2, -0.15) is 0 Å². The minimum Gasteiger partial charge on any atom is -0.438 e. The molecule has 1 aromatic heterocycles. The van der Waals surface area contributed by atoms with Gasteiger partial charge in [0.2, 0.25) is 11.8 Å². The summed E-state index contributed by atoms with van der Waals surface area (Å²) < 4.78 is 5.86. The Morgan fingerprint density at radius 1 is 1.15 bits per heavy atom. The Hall–Kier alpha value is -3.43. The average Bonchev–Trinajstić information content (AvgIpc) is 3.22. The number of aryl methyl sites for hydroxylation is 3. The topological polar surface area (TPSA) is 166 Å². The molecule has 9 nitrogen and oxygen atoms in total. The highest BCUT2D eigenvalue weighted by Gasteiger charge is 2.28. The molecular weight excluding hydrogens is 432 g/mol. The van der Waals surface area contributed by atoms with Crippen LogP contribution in [-0.2, 0) is 11.2 Å². The minimum absolute atomic E-state index is 0.00541. The highest BCUT2D eigenvalue weighted by Crippen LogP contribution is 2.26. The maximum absolute atomic E-state index is 12.8. The van der Waals surface area contributed by atoms with Gasteiger partial charge in [-0.05, 0) is 68.4 Å². The number of oxazole rings is 1. The van der Waals surface area contributed by atoms with Crippen LogP contribution in [0.1, 0.15) is 47.9 Å². The van der Waals surface area contributed by atoms with Gasteiger partial charge in [0.05, 0.1) is 12.1 Å². The van der Waals surface area contributed by atoms with Crippen molar-refractivity contribution >= 4 is 23.0 Å². The number of carbonyl (C=O) groups excluding carboxylic acids is 1. The molecule has 1 heterocycles. The maximum atomic E-state index is 12.8. The number of aliphatic hydroxyl groups excluding tert-OH is 1. The zero-order chi connectivity index (χ0) is 24.7. The van der Waals surface area contributed by atoms with Crippen LogP contribution in [0.5, 0.6) is 0 Å². The van der Waals surface area contributed by atoms with E-state index in [9.17, 15) is 9.90 Å². The second-order valence-corrected chi connectivity index (χ2v) is 8.60. The lowest BCUT2D eigenvalue weighted by Gasteiger charge is -2.24. The Morgan fingerprint density at radius 3 is 2.56 bits per heavy atom. The van der Waals surface area contributed by atoms with Gasteiger partial charge in [-0.3, -0.25) is 9.79 Å². The van der Waals surface area contributed by atoms with Crippen molar-refractivity contribution in [3.05, 3.63) is 65.0 Å². The fourth-order valence-corrected chi connectivity index (χ4v) is 3.71. The van der Waals surface area contributed by atoms with Crippen molar-refractivity contribution in [2.75, 3.05) is 6.54 Å². The fourth-order valence-electron chi connectivity index (χ4n) is 3.71. The molecule has 3 aromatic rings. The summed E-state index contributed by atoms with van der Waals surface area (Å²) in [4.78, 5) is 21.2. The highest BCUT2D eigenvalue weighted by molar-refractivity contribution is 5.82. The Labute approximate surface area is 199 Å². The number of rotatable bonds is 11. The number of nitrogens with zero attached hydrogens (tertiary/aromatic N) is 2. The Morgan fingerprint density at radius 2 is 1.85 bits per heavy atom. The molecule has 3 rings (SSSR count). The van der Waals surface area contributed by atoms with E-state index in [0.717, 1.165) is 16.7 Å². The predicted molar refractivity (Wildman–Crippen MR) is 133 cm³/mol. The summed E-state index contributed by atoms with van der Waals surface area (Å²) in [6.45, 7) is 4.38. The van der Waals surface area contributed by atoms with Gasteiger partial charge in [-0.25, -0.2) is 4.98 Å². The predicted octanol–water partition coefficient (Wildman–Crippen LogP) is 1.98. The minimum atomic E-state index is -1.13. The standard InChI is InChI=1S/C25H34N6O3/c1-15-13-20-21(14-16(15)2)34-24(31-20)22(32)19(11-10-17-7-4-3-5-8-17)30-23(33)18(26)9-6-12-29-25(27)28/h3-5,7-8,13-14,18-19,22,32H,6,9-12,26H2,1-2H3,(H,30,33)(H4,27,28,29)/t18-,19-,22?/m1/s1. The molecule has 0 bridgehead atoms. The van der Waals surface area contributed by atoms with Gasteiger partial charge in [0.25, 0.3) is 0 Å². The van der Waals surface area contributed by atoms with Crippen LogP contribution in [0.15, 0.2) is 51.9 Å². The van der Waals surface area contributed by atoms with Gasteiger partial charge in [0, 0.05) is 6.54 Å². The van der Waals surface area contributed by atoms with Crippen LogP contribution in [0.3, 0.4) is 0 Å². The number of hydrogen-bond acceptors (Lipinski definition) is 6. The number of carbonyl (C=O) groups is 1. The molecule has 8 N–H and O–H groups in total. The molecule has 0 aliphatic carbocycles. The van der Waals surface area contributed by atoms with E-state index in [2.05, 4.69) is 15.3 Å². The zero-order valence-electron chi connectivity index (χ0n) is 19.7. The molecule has 0 aliphatic heterocycles. The third-order valence-electron chi connectivity index (χ3n) is 5.87. The van der Waals surface area contributed by atoms with Gasteiger partial charge in [0.1, 0.15) is 5.52 Å². The van der Waals surface area contributed by atoms with Gasteiger partial charge >= 0.3 is 0 Å². The third kappa shape index (κ3) is 6.79. The SMILES string of the molecule is Cc1cc2nc(C(O)[C@@H](CCc3ccccc3)NC(=O)[C@H](N)CCCN=C(N)N)oc2cc1C. The summed E-state index contributed by atoms with van der Waals surface area (Å²) in [6, 6.07) is 12.3. The van der Waals surface area contributed by atoms with Crippen LogP contribution in [0, 0.1) is 13.8 Å². The smallest absolute Gasteiger partial charge is 0.237 e. The summed E-state index contributed by atoms with van der Waals surface area (Å²) in [5.74, 6) is -0.185. The lowest BCUT2D eigenvalue weighted by Crippen LogP contribution is -2.47. The van der Waals surface area contributed by atoms with Crippen molar-refractivity contribution in [3.63, 3.8) is 0 Å². The summed E-state index contributed by atoms with van der Waals surface area (Å²) in [7, 11) is 0. The van der Waals surface area contributed by atoms with Gasteiger partial charge in [-0.1, -0.05) is 30.3 Å². The third-order valence-corrected chi connectivity index (χ3v) is 5.87. The van der Waals surface area contributed by atoms with E-state index in [1.54, 1.807) is 0 Å². The molecule has 182 valence electrons. The zero-order valence-corrected chi connectivity index (χ0v) is 19.7. The second kappa shape index (κ2) is 11.6. The first kappa shape index (κ1) is 25.2. The maximum Gasteiger partial charge on any atom is 0.237 e. The number of nitrogens with one attached hydrogen (secondary N) is 1. The molecule has 1 unspecified atom stereocenters. The lowest BCUT2D eigenvalue weighted by molar-refractivity contribution is -0.124. The highest BCUT2D eigenvalue weighted by atomic mass is 16.4. The van der Waals surface area contributed by atoms with Crippen molar-refractivity contribution in [3.8, 4) is 0 Å². The molecule has 3 atom stereocenters. The summed E-state index contributed by atoms with van der Waals surface area (Å²) in [5.41, 5.74) is 21.3. The molecule has 0 spiro atoms. The monoisotopic (exact) mass is 466 g/mol. The number of aromatic nitrogens is 1. The molecule has 34 heavy (non-hydrogen) atoms. The van der Waals surface area contributed by atoms with E-state index in [0.29, 0.717) is 43.3 Å². The fraction of sp³-hybridized carbons (Fsp3) is 0.400. The number of aliphatic hydroxyl groups is 1. The van der Waals surface area contributed by atoms with E-state index in [-0.39, 0.29) is 17.8 Å². The van der Waals surface area contributed by atoms with E-state index in [1.807, 2.05) is 56.3 Å². The second-order valence-electron chi connectivity index (χ2n) is 8.60.